The maximum absolute atomic E-state index is 12.1. The summed E-state index contributed by atoms with van der Waals surface area (Å²) in [5.41, 5.74) is 1.42. The fourth-order valence-electron chi connectivity index (χ4n) is 1.89. The van der Waals surface area contributed by atoms with Crippen molar-refractivity contribution in [2.75, 3.05) is 5.32 Å². The molecule has 0 unspecified atom stereocenters. The Morgan fingerprint density at radius 3 is 2.62 bits per heavy atom. The predicted octanol–water partition coefficient (Wildman–Crippen LogP) is 3.03. The van der Waals surface area contributed by atoms with Gasteiger partial charge in [-0.3, -0.25) is 14.9 Å². The van der Waals surface area contributed by atoms with Crippen LogP contribution in [0.15, 0.2) is 42.5 Å². The summed E-state index contributed by atoms with van der Waals surface area (Å²) in [4.78, 5) is 22.4. The second-order valence-corrected chi connectivity index (χ2v) is 4.37. The van der Waals surface area contributed by atoms with Gasteiger partial charge in [-0.25, -0.2) is 0 Å². The minimum Gasteiger partial charge on any atom is -0.321 e. The Morgan fingerprint density at radius 1 is 1.29 bits per heavy atom. The number of carbonyl (C=O) groups excluding carboxylic acids is 1. The van der Waals surface area contributed by atoms with Crippen LogP contribution < -0.4 is 5.32 Å². The van der Waals surface area contributed by atoms with E-state index in [1.54, 1.807) is 31.2 Å². The molecule has 0 atom stereocenters. The zero-order valence-electron chi connectivity index (χ0n) is 11.2. The van der Waals surface area contributed by atoms with Gasteiger partial charge in [-0.15, -0.1) is 0 Å². The number of nitro benzene ring substituents is 1. The van der Waals surface area contributed by atoms with Crippen molar-refractivity contribution in [2.24, 2.45) is 0 Å². The standard InChI is InChI=1S/C15H11N3O3/c1-10-8-11(6-7-14(10)18(20)21)15(19)17-13-5-3-2-4-12(13)9-16/h2-8H,1H3,(H,17,19). The molecule has 2 aromatic rings. The van der Waals surface area contributed by atoms with Crippen molar-refractivity contribution >= 4 is 17.3 Å². The topological polar surface area (TPSA) is 96.0 Å². The van der Waals surface area contributed by atoms with Crippen molar-refractivity contribution in [3.63, 3.8) is 0 Å². The highest BCUT2D eigenvalue weighted by Gasteiger charge is 2.14. The summed E-state index contributed by atoms with van der Waals surface area (Å²) in [6.45, 7) is 1.57. The molecule has 0 bridgehead atoms. The van der Waals surface area contributed by atoms with Crippen LogP contribution >= 0.6 is 0 Å². The maximum atomic E-state index is 12.1. The van der Waals surface area contributed by atoms with E-state index >= 15 is 0 Å². The molecule has 6 heteroatoms. The number of aryl methyl sites for hydroxylation is 1. The van der Waals surface area contributed by atoms with Crippen molar-refractivity contribution in [2.45, 2.75) is 6.92 Å². The molecule has 0 radical (unpaired) electrons. The summed E-state index contributed by atoms with van der Waals surface area (Å²) in [7, 11) is 0. The van der Waals surface area contributed by atoms with Gasteiger partial charge < -0.3 is 5.32 Å². The number of hydrogen-bond donors (Lipinski definition) is 1. The van der Waals surface area contributed by atoms with Gasteiger partial charge in [-0.1, -0.05) is 12.1 Å². The van der Waals surface area contributed by atoms with Gasteiger partial charge in [-0.2, -0.15) is 5.26 Å². The van der Waals surface area contributed by atoms with Gasteiger partial charge in [0.15, 0.2) is 0 Å². The van der Waals surface area contributed by atoms with E-state index in [1.165, 1.54) is 18.2 Å². The Bertz CT molecular complexity index is 763. The van der Waals surface area contributed by atoms with Crippen LogP contribution in [0.2, 0.25) is 0 Å². The molecule has 0 saturated carbocycles. The van der Waals surface area contributed by atoms with Crippen molar-refractivity contribution < 1.29 is 9.72 Å². The van der Waals surface area contributed by atoms with E-state index in [2.05, 4.69) is 5.32 Å². The molecule has 0 spiro atoms. The van der Waals surface area contributed by atoms with E-state index in [0.717, 1.165) is 0 Å². The first-order valence-corrected chi connectivity index (χ1v) is 6.08. The molecule has 2 aromatic carbocycles. The highest BCUT2D eigenvalue weighted by molar-refractivity contribution is 6.05. The van der Waals surface area contributed by atoms with Crippen molar-refractivity contribution in [3.8, 4) is 6.07 Å². The summed E-state index contributed by atoms with van der Waals surface area (Å²) in [5, 5.41) is 22.3. The number of anilines is 1. The fourth-order valence-corrected chi connectivity index (χ4v) is 1.89. The Kier molecular flexibility index (Phi) is 3.95. The quantitative estimate of drug-likeness (QED) is 0.690. The molecule has 0 aliphatic heterocycles. The summed E-state index contributed by atoms with van der Waals surface area (Å²) < 4.78 is 0. The highest BCUT2D eigenvalue weighted by atomic mass is 16.6. The van der Waals surface area contributed by atoms with Gasteiger partial charge in [0, 0.05) is 17.2 Å². The summed E-state index contributed by atoms with van der Waals surface area (Å²) in [5.74, 6) is -0.421. The second kappa shape index (κ2) is 5.84. The van der Waals surface area contributed by atoms with Crippen LogP contribution in [-0.2, 0) is 0 Å². The van der Waals surface area contributed by atoms with Gasteiger partial charge in [0.25, 0.3) is 11.6 Å². The first-order chi connectivity index (χ1) is 10.0. The van der Waals surface area contributed by atoms with E-state index in [4.69, 9.17) is 5.26 Å². The average Bonchev–Trinajstić information content (AvgIpc) is 2.47. The monoisotopic (exact) mass is 281 g/mol. The summed E-state index contributed by atoms with van der Waals surface area (Å²) in [6.07, 6.45) is 0. The zero-order chi connectivity index (χ0) is 15.4. The molecule has 0 aliphatic rings. The lowest BCUT2D eigenvalue weighted by atomic mass is 10.1. The normalized spacial score (nSPS) is 9.71. The molecule has 0 heterocycles. The van der Waals surface area contributed by atoms with Crippen LogP contribution in [0.3, 0.4) is 0 Å². The number of amides is 1. The Morgan fingerprint density at radius 2 is 2.00 bits per heavy atom. The Balaban J connectivity index is 2.27. The van der Waals surface area contributed by atoms with Gasteiger partial charge in [0.1, 0.15) is 6.07 Å². The van der Waals surface area contributed by atoms with E-state index in [0.29, 0.717) is 22.4 Å². The van der Waals surface area contributed by atoms with Crippen LogP contribution in [0.4, 0.5) is 11.4 Å². The molecular weight excluding hydrogens is 270 g/mol. The number of nitro groups is 1. The lowest BCUT2D eigenvalue weighted by Gasteiger charge is -2.07. The zero-order valence-corrected chi connectivity index (χ0v) is 11.2. The molecule has 104 valence electrons. The number of nitriles is 1. The molecule has 1 amide bonds. The van der Waals surface area contributed by atoms with Crippen LogP contribution in [0.1, 0.15) is 21.5 Å². The molecule has 0 saturated heterocycles. The molecular formula is C15H11N3O3. The van der Waals surface area contributed by atoms with Gasteiger partial charge in [-0.05, 0) is 31.2 Å². The fraction of sp³-hybridized carbons (Fsp3) is 0.0667. The van der Waals surface area contributed by atoms with Crippen LogP contribution in [-0.4, -0.2) is 10.8 Å². The number of rotatable bonds is 3. The molecule has 0 aromatic heterocycles. The third-order valence-electron chi connectivity index (χ3n) is 2.95. The van der Waals surface area contributed by atoms with Gasteiger partial charge >= 0.3 is 0 Å². The van der Waals surface area contributed by atoms with E-state index < -0.39 is 10.8 Å². The number of hydrogen-bond acceptors (Lipinski definition) is 4. The van der Waals surface area contributed by atoms with Crippen LogP contribution in [0.5, 0.6) is 0 Å². The number of nitrogens with one attached hydrogen (secondary N) is 1. The summed E-state index contributed by atoms with van der Waals surface area (Å²) >= 11 is 0. The summed E-state index contributed by atoms with van der Waals surface area (Å²) in [6, 6.07) is 12.7. The lowest BCUT2D eigenvalue weighted by molar-refractivity contribution is -0.385. The maximum Gasteiger partial charge on any atom is 0.272 e. The first kappa shape index (κ1) is 14.2. The lowest BCUT2D eigenvalue weighted by Crippen LogP contribution is -2.13. The number of carbonyl (C=O) groups is 1. The van der Waals surface area contributed by atoms with Crippen LogP contribution in [0, 0.1) is 28.4 Å². The van der Waals surface area contributed by atoms with Gasteiger partial charge in [0.05, 0.1) is 16.2 Å². The average molecular weight is 281 g/mol. The highest BCUT2D eigenvalue weighted by Crippen LogP contribution is 2.20. The van der Waals surface area contributed by atoms with Crippen molar-refractivity contribution in [1.29, 1.82) is 5.26 Å². The van der Waals surface area contributed by atoms with Crippen molar-refractivity contribution in [3.05, 3.63) is 69.3 Å². The molecule has 6 nitrogen and oxygen atoms in total. The number of nitrogens with zero attached hydrogens (tertiary/aromatic N) is 2. The second-order valence-electron chi connectivity index (χ2n) is 4.37. The van der Waals surface area contributed by atoms with Gasteiger partial charge in [0.2, 0.25) is 0 Å². The van der Waals surface area contributed by atoms with Crippen molar-refractivity contribution in [1.82, 2.24) is 0 Å². The Hall–Kier alpha value is -3.20. The third-order valence-corrected chi connectivity index (χ3v) is 2.95. The minimum absolute atomic E-state index is 0.0380. The largest absolute Gasteiger partial charge is 0.321 e. The number of benzene rings is 2. The first-order valence-electron chi connectivity index (χ1n) is 6.08. The third kappa shape index (κ3) is 3.04. The SMILES string of the molecule is Cc1cc(C(=O)Nc2ccccc2C#N)ccc1[N+](=O)[O-]. The van der Waals surface area contributed by atoms with E-state index in [1.807, 2.05) is 6.07 Å². The predicted molar refractivity (Wildman–Crippen MR) is 76.9 cm³/mol. The van der Waals surface area contributed by atoms with E-state index in [9.17, 15) is 14.9 Å². The Labute approximate surface area is 120 Å². The van der Waals surface area contributed by atoms with Crippen LogP contribution in [0.25, 0.3) is 0 Å². The molecule has 21 heavy (non-hydrogen) atoms. The molecule has 0 fully saturated rings. The smallest absolute Gasteiger partial charge is 0.272 e. The number of para-hydroxylation sites is 1. The van der Waals surface area contributed by atoms with E-state index in [-0.39, 0.29) is 5.69 Å². The molecule has 2 rings (SSSR count). The molecule has 0 aliphatic carbocycles. The molecule has 1 N–H and O–H groups in total. The minimum atomic E-state index is -0.498.